The summed E-state index contributed by atoms with van der Waals surface area (Å²) in [5.74, 6) is -0.578. The number of primary amides is 1. The van der Waals surface area contributed by atoms with Crippen molar-refractivity contribution < 1.29 is 9.59 Å². The molecule has 1 amide bonds. The van der Waals surface area contributed by atoms with Gasteiger partial charge in [0, 0.05) is 6.20 Å². The van der Waals surface area contributed by atoms with Crippen LogP contribution >= 0.6 is 11.6 Å². The maximum Gasteiger partial charge on any atom is 0.251 e. The van der Waals surface area contributed by atoms with Gasteiger partial charge in [0.05, 0.1) is 28.0 Å². The zero-order valence-electron chi connectivity index (χ0n) is 8.63. The van der Waals surface area contributed by atoms with Crippen molar-refractivity contribution in [2.45, 2.75) is 0 Å². The van der Waals surface area contributed by atoms with Gasteiger partial charge < -0.3 is 5.73 Å². The summed E-state index contributed by atoms with van der Waals surface area (Å²) in [7, 11) is 0. The standard InChI is InChI=1S/C11H8ClN3O2/c12-9-2-1-3-10(8(9)6-16)15-5-7(4-14-15)11(13)17/h1-6H,(H2,13,17). The van der Waals surface area contributed by atoms with Gasteiger partial charge in [-0.1, -0.05) is 17.7 Å². The van der Waals surface area contributed by atoms with Crippen molar-refractivity contribution >= 4 is 23.8 Å². The van der Waals surface area contributed by atoms with Crippen LogP contribution < -0.4 is 5.73 Å². The van der Waals surface area contributed by atoms with Crippen molar-refractivity contribution in [3.05, 3.63) is 46.7 Å². The number of nitrogens with two attached hydrogens (primary N) is 1. The molecule has 0 aliphatic heterocycles. The first-order valence-electron chi connectivity index (χ1n) is 4.72. The Morgan fingerprint density at radius 1 is 1.47 bits per heavy atom. The van der Waals surface area contributed by atoms with Gasteiger partial charge in [0.25, 0.3) is 5.91 Å². The Labute approximate surface area is 102 Å². The van der Waals surface area contributed by atoms with E-state index < -0.39 is 5.91 Å². The highest BCUT2D eigenvalue weighted by molar-refractivity contribution is 6.33. The SMILES string of the molecule is NC(=O)c1cnn(-c2cccc(Cl)c2C=O)c1. The fourth-order valence-electron chi connectivity index (χ4n) is 1.42. The number of carbonyl (C=O) groups is 2. The number of carbonyl (C=O) groups excluding carboxylic acids is 2. The summed E-state index contributed by atoms with van der Waals surface area (Å²) in [4.78, 5) is 21.9. The minimum Gasteiger partial charge on any atom is -0.366 e. The van der Waals surface area contributed by atoms with Crippen LogP contribution in [0.2, 0.25) is 5.02 Å². The lowest BCUT2D eigenvalue weighted by molar-refractivity contribution is 0.1000. The Kier molecular flexibility index (Phi) is 2.93. The second-order valence-electron chi connectivity index (χ2n) is 3.33. The molecule has 0 aliphatic rings. The maximum atomic E-state index is 10.9. The third-order valence-corrected chi connectivity index (χ3v) is 2.59. The van der Waals surface area contributed by atoms with Crippen LogP contribution in [0.4, 0.5) is 0 Å². The summed E-state index contributed by atoms with van der Waals surface area (Å²) in [6.45, 7) is 0. The molecule has 0 fully saturated rings. The molecule has 0 saturated heterocycles. The number of rotatable bonds is 3. The first-order valence-corrected chi connectivity index (χ1v) is 5.10. The van der Waals surface area contributed by atoms with Gasteiger partial charge >= 0.3 is 0 Å². The fourth-order valence-corrected chi connectivity index (χ4v) is 1.64. The van der Waals surface area contributed by atoms with Crippen LogP contribution in [0.25, 0.3) is 5.69 Å². The van der Waals surface area contributed by atoms with E-state index in [1.165, 1.54) is 17.1 Å². The minimum atomic E-state index is -0.578. The van der Waals surface area contributed by atoms with Gasteiger partial charge in [-0.25, -0.2) is 4.68 Å². The molecule has 0 saturated carbocycles. The van der Waals surface area contributed by atoms with Crippen molar-refractivity contribution in [3.8, 4) is 5.69 Å². The second kappa shape index (κ2) is 4.39. The number of hydrogen-bond donors (Lipinski definition) is 1. The Bertz CT molecular complexity index is 592. The lowest BCUT2D eigenvalue weighted by Crippen LogP contribution is -2.09. The molecule has 5 nitrogen and oxygen atoms in total. The van der Waals surface area contributed by atoms with Crippen LogP contribution in [0.1, 0.15) is 20.7 Å². The summed E-state index contributed by atoms with van der Waals surface area (Å²) in [5.41, 5.74) is 6.20. The molecule has 1 aromatic heterocycles. The zero-order chi connectivity index (χ0) is 12.4. The normalized spacial score (nSPS) is 10.2. The summed E-state index contributed by atoms with van der Waals surface area (Å²) in [6.07, 6.45) is 3.42. The molecule has 2 aromatic rings. The number of hydrogen-bond acceptors (Lipinski definition) is 3. The van der Waals surface area contributed by atoms with Gasteiger partial charge in [-0.05, 0) is 12.1 Å². The first kappa shape index (κ1) is 11.3. The fraction of sp³-hybridized carbons (Fsp3) is 0. The van der Waals surface area contributed by atoms with Crippen LogP contribution in [0, 0.1) is 0 Å². The molecular formula is C11H8ClN3O2. The number of benzene rings is 1. The van der Waals surface area contributed by atoms with E-state index in [1.54, 1.807) is 18.2 Å². The van der Waals surface area contributed by atoms with E-state index in [2.05, 4.69) is 5.10 Å². The van der Waals surface area contributed by atoms with Crippen LogP contribution in [0.3, 0.4) is 0 Å². The lowest BCUT2D eigenvalue weighted by Gasteiger charge is -2.05. The smallest absolute Gasteiger partial charge is 0.251 e. The largest absolute Gasteiger partial charge is 0.366 e. The molecule has 2 rings (SSSR count). The number of amides is 1. The number of aromatic nitrogens is 2. The Hall–Kier alpha value is -2.14. The summed E-state index contributed by atoms with van der Waals surface area (Å²) in [6, 6.07) is 4.97. The highest BCUT2D eigenvalue weighted by Crippen LogP contribution is 2.21. The predicted octanol–water partition coefficient (Wildman–Crippen LogP) is 1.44. The van der Waals surface area contributed by atoms with E-state index in [1.807, 2.05) is 0 Å². The molecule has 17 heavy (non-hydrogen) atoms. The molecule has 2 N–H and O–H groups in total. The molecule has 0 spiro atoms. The van der Waals surface area contributed by atoms with E-state index in [0.29, 0.717) is 22.6 Å². The highest BCUT2D eigenvalue weighted by atomic mass is 35.5. The zero-order valence-corrected chi connectivity index (χ0v) is 9.39. The topological polar surface area (TPSA) is 78.0 Å². The van der Waals surface area contributed by atoms with Gasteiger partial charge in [0.2, 0.25) is 0 Å². The Morgan fingerprint density at radius 3 is 2.82 bits per heavy atom. The maximum absolute atomic E-state index is 10.9. The third kappa shape index (κ3) is 2.05. The van der Waals surface area contributed by atoms with E-state index >= 15 is 0 Å². The monoisotopic (exact) mass is 249 g/mol. The first-order chi connectivity index (χ1) is 8.13. The summed E-state index contributed by atoms with van der Waals surface area (Å²) >= 11 is 5.88. The molecule has 6 heteroatoms. The second-order valence-corrected chi connectivity index (χ2v) is 3.74. The molecular weight excluding hydrogens is 242 g/mol. The van der Waals surface area contributed by atoms with Crippen molar-refractivity contribution in [1.29, 1.82) is 0 Å². The van der Waals surface area contributed by atoms with Crippen LogP contribution in [0.5, 0.6) is 0 Å². The molecule has 1 heterocycles. The van der Waals surface area contributed by atoms with Gasteiger partial charge in [-0.15, -0.1) is 0 Å². The number of aldehydes is 1. The van der Waals surface area contributed by atoms with Gasteiger partial charge in [-0.3, -0.25) is 9.59 Å². The molecule has 0 atom stereocenters. The van der Waals surface area contributed by atoms with Gasteiger partial charge in [0.15, 0.2) is 6.29 Å². The van der Waals surface area contributed by atoms with E-state index in [0.717, 1.165) is 0 Å². The van der Waals surface area contributed by atoms with Crippen LogP contribution in [-0.4, -0.2) is 22.0 Å². The average molecular weight is 250 g/mol. The Morgan fingerprint density at radius 2 is 2.24 bits per heavy atom. The molecule has 0 aliphatic carbocycles. The van der Waals surface area contributed by atoms with E-state index in [-0.39, 0.29) is 5.56 Å². The highest BCUT2D eigenvalue weighted by Gasteiger charge is 2.10. The number of nitrogens with zero attached hydrogens (tertiary/aromatic N) is 2. The van der Waals surface area contributed by atoms with E-state index in [4.69, 9.17) is 17.3 Å². The van der Waals surface area contributed by atoms with Crippen molar-refractivity contribution in [2.75, 3.05) is 0 Å². The van der Waals surface area contributed by atoms with E-state index in [9.17, 15) is 9.59 Å². The minimum absolute atomic E-state index is 0.266. The molecule has 0 radical (unpaired) electrons. The van der Waals surface area contributed by atoms with Crippen molar-refractivity contribution in [3.63, 3.8) is 0 Å². The average Bonchev–Trinajstić information content (AvgIpc) is 2.77. The van der Waals surface area contributed by atoms with Crippen LogP contribution in [-0.2, 0) is 0 Å². The summed E-state index contributed by atoms with van der Waals surface area (Å²) < 4.78 is 1.38. The summed E-state index contributed by atoms with van der Waals surface area (Å²) in [5, 5.41) is 4.28. The quantitative estimate of drug-likeness (QED) is 0.836. The molecule has 0 bridgehead atoms. The third-order valence-electron chi connectivity index (χ3n) is 2.26. The predicted molar refractivity (Wildman–Crippen MR) is 62.5 cm³/mol. The van der Waals surface area contributed by atoms with Crippen molar-refractivity contribution in [1.82, 2.24) is 9.78 Å². The Balaban J connectivity index is 2.56. The molecule has 86 valence electrons. The molecule has 1 aromatic carbocycles. The lowest BCUT2D eigenvalue weighted by atomic mass is 10.2. The van der Waals surface area contributed by atoms with Crippen molar-refractivity contribution in [2.24, 2.45) is 5.73 Å². The van der Waals surface area contributed by atoms with Gasteiger partial charge in [0.1, 0.15) is 0 Å². The molecule has 0 unspecified atom stereocenters. The van der Waals surface area contributed by atoms with Gasteiger partial charge in [-0.2, -0.15) is 5.10 Å². The van der Waals surface area contributed by atoms with Crippen LogP contribution in [0.15, 0.2) is 30.6 Å². The number of halogens is 1.